The minimum absolute atomic E-state index is 1.03. The summed E-state index contributed by atoms with van der Waals surface area (Å²) < 4.78 is 0. The molecule has 0 spiro atoms. The van der Waals surface area contributed by atoms with Gasteiger partial charge < -0.3 is 0 Å². The molecule has 1 atom stereocenters. The lowest BCUT2D eigenvalue weighted by molar-refractivity contribution is 0.275. The van der Waals surface area contributed by atoms with Crippen LogP contribution < -0.4 is 0 Å². The smallest absolute Gasteiger partial charge is 0.0319 e. The van der Waals surface area contributed by atoms with E-state index in [2.05, 4.69) is 13.0 Å². The van der Waals surface area contributed by atoms with E-state index in [4.69, 9.17) is 0 Å². The number of allylic oxidation sites excluding steroid dienone is 2. The van der Waals surface area contributed by atoms with E-state index in [0.717, 1.165) is 11.8 Å². The molecule has 0 nitrogen and oxygen atoms in total. The average molecular weight is 192 g/mol. The van der Waals surface area contributed by atoms with E-state index >= 15 is 0 Å². The van der Waals surface area contributed by atoms with E-state index in [1.165, 1.54) is 57.8 Å². The Balaban J connectivity index is 1.74. The highest BCUT2D eigenvalue weighted by molar-refractivity contribution is 5.02. The topological polar surface area (TPSA) is 0 Å². The lowest BCUT2D eigenvalue weighted by Crippen LogP contribution is -2.14. The van der Waals surface area contributed by atoms with Gasteiger partial charge in [0, 0.05) is 0 Å². The largest absolute Gasteiger partial charge is 0.0853 e. The maximum atomic E-state index is 2.48. The second kappa shape index (κ2) is 5.00. The maximum absolute atomic E-state index is 2.48. The summed E-state index contributed by atoms with van der Waals surface area (Å²) in [7, 11) is 0. The van der Waals surface area contributed by atoms with E-state index < -0.39 is 0 Å². The van der Waals surface area contributed by atoms with Crippen molar-refractivity contribution in [1.29, 1.82) is 0 Å². The van der Waals surface area contributed by atoms with Crippen LogP contribution in [0.2, 0.25) is 0 Å². The van der Waals surface area contributed by atoms with Crippen molar-refractivity contribution in [3.8, 4) is 0 Å². The highest BCUT2D eigenvalue weighted by atomic mass is 14.3. The van der Waals surface area contributed by atoms with Gasteiger partial charge in [0.2, 0.25) is 0 Å². The van der Waals surface area contributed by atoms with Gasteiger partial charge in [-0.1, -0.05) is 43.8 Å². The van der Waals surface area contributed by atoms with Crippen LogP contribution in [0, 0.1) is 11.8 Å². The zero-order chi connectivity index (χ0) is 9.80. The molecule has 14 heavy (non-hydrogen) atoms. The molecular formula is C14H24. The van der Waals surface area contributed by atoms with Crippen LogP contribution in [0.15, 0.2) is 11.6 Å². The first-order valence-corrected chi connectivity index (χ1v) is 6.50. The molecule has 2 rings (SSSR count). The standard InChI is InChI=1S/C14H24/c1-12-7-9-14(10-8-12)11-13-5-3-2-4-6-13/h7,13-14H,2-6,8-11H2,1H3. The molecule has 0 bridgehead atoms. The lowest BCUT2D eigenvalue weighted by Gasteiger charge is -2.28. The summed E-state index contributed by atoms with van der Waals surface area (Å²) in [4.78, 5) is 0. The van der Waals surface area contributed by atoms with Crippen molar-refractivity contribution in [1.82, 2.24) is 0 Å². The molecule has 0 aromatic carbocycles. The van der Waals surface area contributed by atoms with Crippen molar-refractivity contribution < 1.29 is 0 Å². The third-order valence-corrected chi connectivity index (χ3v) is 4.14. The third-order valence-electron chi connectivity index (χ3n) is 4.14. The molecule has 0 amide bonds. The molecule has 2 aliphatic carbocycles. The molecule has 0 aromatic rings. The van der Waals surface area contributed by atoms with Gasteiger partial charge in [-0.3, -0.25) is 0 Å². The molecule has 1 saturated carbocycles. The molecule has 0 heteroatoms. The monoisotopic (exact) mass is 192 g/mol. The maximum Gasteiger partial charge on any atom is -0.0319 e. The second-order valence-corrected chi connectivity index (χ2v) is 5.43. The fourth-order valence-corrected chi connectivity index (χ4v) is 3.13. The first kappa shape index (κ1) is 10.3. The normalized spacial score (nSPS) is 30.1. The summed E-state index contributed by atoms with van der Waals surface area (Å²) in [6.45, 7) is 2.29. The van der Waals surface area contributed by atoms with Crippen LogP contribution in [0.1, 0.15) is 64.7 Å². The Morgan fingerprint density at radius 2 is 1.86 bits per heavy atom. The fourth-order valence-electron chi connectivity index (χ4n) is 3.13. The molecule has 80 valence electrons. The number of hydrogen-bond acceptors (Lipinski definition) is 0. The summed E-state index contributed by atoms with van der Waals surface area (Å²) in [6.07, 6.45) is 15.8. The summed E-state index contributed by atoms with van der Waals surface area (Å²) in [5.74, 6) is 2.11. The third kappa shape index (κ3) is 2.87. The Labute approximate surface area is 88.8 Å². The minimum Gasteiger partial charge on any atom is -0.0853 e. The lowest BCUT2D eigenvalue weighted by atomic mass is 9.78. The number of hydrogen-bond donors (Lipinski definition) is 0. The van der Waals surface area contributed by atoms with Gasteiger partial charge in [-0.15, -0.1) is 0 Å². The van der Waals surface area contributed by atoms with Crippen LogP contribution in [-0.4, -0.2) is 0 Å². The van der Waals surface area contributed by atoms with Crippen LogP contribution >= 0.6 is 0 Å². The van der Waals surface area contributed by atoms with Crippen molar-refractivity contribution in [2.45, 2.75) is 64.7 Å². The quantitative estimate of drug-likeness (QED) is 0.556. The highest BCUT2D eigenvalue weighted by Crippen LogP contribution is 2.34. The summed E-state index contributed by atoms with van der Waals surface area (Å²) in [5, 5.41) is 0. The van der Waals surface area contributed by atoms with Crippen molar-refractivity contribution in [2.75, 3.05) is 0 Å². The van der Waals surface area contributed by atoms with Crippen LogP contribution in [0.5, 0.6) is 0 Å². The van der Waals surface area contributed by atoms with E-state index in [1.807, 2.05) is 0 Å². The SMILES string of the molecule is CC1=CCC(CC2CCCCC2)CC1. The predicted octanol–water partition coefficient (Wildman–Crippen LogP) is 4.70. The van der Waals surface area contributed by atoms with E-state index in [-0.39, 0.29) is 0 Å². The molecule has 0 aliphatic heterocycles. The van der Waals surface area contributed by atoms with Gasteiger partial charge in [-0.05, 0) is 44.4 Å². The number of rotatable bonds is 2. The summed E-state index contributed by atoms with van der Waals surface area (Å²) >= 11 is 0. The zero-order valence-corrected chi connectivity index (χ0v) is 9.60. The van der Waals surface area contributed by atoms with Gasteiger partial charge in [-0.25, -0.2) is 0 Å². The fraction of sp³-hybridized carbons (Fsp3) is 0.857. The Morgan fingerprint density at radius 1 is 1.07 bits per heavy atom. The zero-order valence-electron chi connectivity index (χ0n) is 9.60. The molecule has 0 heterocycles. The van der Waals surface area contributed by atoms with Crippen molar-refractivity contribution >= 4 is 0 Å². The first-order valence-electron chi connectivity index (χ1n) is 6.50. The Bertz CT molecular complexity index is 196. The molecule has 0 radical (unpaired) electrons. The van der Waals surface area contributed by atoms with Gasteiger partial charge >= 0.3 is 0 Å². The Kier molecular flexibility index (Phi) is 3.67. The van der Waals surface area contributed by atoms with Crippen LogP contribution in [0.4, 0.5) is 0 Å². The molecule has 1 unspecified atom stereocenters. The average Bonchev–Trinajstić information content (AvgIpc) is 2.23. The highest BCUT2D eigenvalue weighted by Gasteiger charge is 2.19. The summed E-state index contributed by atoms with van der Waals surface area (Å²) in [5.41, 5.74) is 1.63. The molecular weight excluding hydrogens is 168 g/mol. The van der Waals surface area contributed by atoms with Gasteiger partial charge in [0.05, 0.1) is 0 Å². The van der Waals surface area contributed by atoms with Crippen molar-refractivity contribution in [3.05, 3.63) is 11.6 Å². The Hall–Kier alpha value is -0.260. The van der Waals surface area contributed by atoms with Crippen molar-refractivity contribution in [2.24, 2.45) is 11.8 Å². The van der Waals surface area contributed by atoms with Gasteiger partial charge in [-0.2, -0.15) is 0 Å². The van der Waals surface area contributed by atoms with E-state index in [1.54, 1.807) is 5.57 Å². The molecule has 2 aliphatic rings. The second-order valence-electron chi connectivity index (χ2n) is 5.43. The predicted molar refractivity (Wildman–Crippen MR) is 62.3 cm³/mol. The van der Waals surface area contributed by atoms with Gasteiger partial charge in [0.25, 0.3) is 0 Å². The first-order chi connectivity index (χ1) is 6.84. The van der Waals surface area contributed by atoms with Crippen molar-refractivity contribution in [3.63, 3.8) is 0 Å². The van der Waals surface area contributed by atoms with E-state index in [0.29, 0.717) is 0 Å². The van der Waals surface area contributed by atoms with Crippen LogP contribution in [0.25, 0.3) is 0 Å². The molecule has 0 N–H and O–H groups in total. The summed E-state index contributed by atoms with van der Waals surface area (Å²) in [6, 6.07) is 0. The van der Waals surface area contributed by atoms with Gasteiger partial charge in [0.15, 0.2) is 0 Å². The minimum atomic E-state index is 1.03. The Morgan fingerprint density at radius 3 is 2.50 bits per heavy atom. The molecule has 0 saturated heterocycles. The van der Waals surface area contributed by atoms with Crippen LogP contribution in [-0.2, 0) is 0 Å². The van der Waals surface area contributed by atoms with Gasteiger partial charge in [0.1, 0.15) is 0 Å². The van der Waals surface area contributed by atoms with Crippen LogP contribution in [0.3, 0.4) is 0 Å². The van der Waals surface area contributed by atoms with E-state index in [9.17, 15) is 0 Å². The molecule has 1 fully saturated rings. The molecule has 0 aromatic heterocycles.